The Morgan fingerprint density at radius 2 is 1.90 bits per heavy atom. The SMILES string of the molecule is C=C/C(=C\N=C)C(=O)NC(=S)Nc1cc(C(F)(F)F)ccc1N(CCC)CCC. The van der Waals surface area contributed by atoms with E-state index in [1.807, 2.05) is 18.7 Å². The molecule has 0 unspecified atom stereocenters. The summed E-state index contributed by atoms with van der Waals surface area (Å²) in [5, 5.41) is 4.99. The molecule has 9 heteroatoms. The molecular formula is C20H25F3N4OS. The van der Waals surface area contributed by atoms with E-state index < -0.39 is 17.6 Å². The second-order valence-corrected chi connectivity index (χ2v) is 6.50. The summed E-state index contributed by atoms with van der Waals surface area (Å²) in [4.78, 5) is 17.6. The van der Waals surface area contributed by atoms with Crippen LogP contribution in [0.1, 0.15) is 32.3 Å². The van der Waals surface area contributed by atoms with E-state index in [-0.39, 0.29) is 16.4 Å². The van der Waals surface area contributed by atoms with Crippen molar-refractivity contribution in [2.75, 3.05) is 23.3 Å². The largest absolute Gasteiger partial charge is 0.416 e. The highest BCUT2D eigenvalue weighted by Crippen LogP contribution is 2.35. The molecule has 0 aliphatic carbocycles. The van der Waals surface area contributed by atoms with Crippen LogP contribution in [0.15, 0.2) is 47.6 Å². The highest BCUT2D eigenvalue weighted by atomic mass is 32.1. The van der Waals surface area contributed by atoms with Crippen molar-refractivity contribution in [2.24, 2.45) is 4.99 Å². The predicted molar refractivity (Wildman–Crippen MR) is 116 cm³/mol. The molecule has 0 spiro atoms. The van der Waals surface area contributed by atoms with E-state index in [1.54, 1.807) is 0 Å². The van der Waals surface area contributed by atoms with Crippen molar-refractivity contribution < 1.29 is 18.0 Å². The van der Waals surface area contributed by atoms with E-state index in [1.165, 1.54) is 18.3 Å². The van der Waals surface area contributed by atoms with Gasteiger partial charge in [0, 0.05) is 19.3 Å². The molecule has 2 N–H and O–H groups in total. The lowest BCUT2D eigenvalue weighted by Crippen LogP contribution is -2.35. The number of rotatable bonds is 9. The minimum absolute atomic E-state index is 0.118. The van der Waals surface area contributed by atoms with Crippen molar-refractivity contribution in [1.82, 2.24) is 5.32 Å². The molecule has 0 atom stereocenters. The van der Waals surface area contributed by atoms with E-state index in [0.29, 0.717) is 18.8 Å². The monoisotopic (exact) mass is 426 g/mol. The van der Waals surface area contributed by atoms with E-state index in [9.17, 15) is 18.0 Å². The minimum atomic E-state index is -4.51. The van der Waals surface area contributed by atoms with Gasteiger partial charge in [0.15, 0.2) is 5.11 Å². The topological polar surface area (TPSA) is 56.7 Å². The second-order valence-electron chi connectivity index (χ2n) is 6.10. The third-order valence-electron chi connectivity index (χ3n) is 3.84. The number of hydrogen-bond acceptors (Lipinski definition) is 4. The van der Waals surface area contributed by atoms with Gasteiger partial charge in [0.1, 0.15) is 0 Å². The van der Waals surface area contributed by atoms with Crippen molar-refractivity contribution in [3.63, 3.8) is 0 Å². The normalized spacial score (nSPS) is 11.6. The number of aliphatic imine (C=N–C) groups is 1. The predicted octanol–water partition coefficient (Wildman–Crippen LogP) is 4.92. The Hall–Kier alpha value is -2.68. The van der Waals surface area contributed by atoms with Gasteiger partial charge >= 0.3 is 6.18 Å². The maximum atomic E-state index is 13.2. The first kappa shape index (κ1) is 24.4. The minimum Gasteiger partial charge on any atom is -0.370 e. The summed E-state index contributed by atoms with van der Waals surface area (Å²) in [6.07, 6.45) is -0.390. The van der Waals surface area contributed by atoms with Crippen molar-refractivity contribution >= 4 is 41.3 Å². The summed E-state index contributed by atoms with van der Waals surface area (Å²) in [6.45, 7) is 12.1. The molecule has 0 aliphatic rings. The van der Waals surface area contributed by atoms with Gasteiger partial charge in [-0.2, -0.15) is 13.2 Å². The lowest BCUT2D eigenvalue weighted by Gasteiger charge is -2.27. The Balaban J connectivity index is 3.22. The zero-order chi connectivity index (χ0) is 22.0. The number of thiocarbonyl (C=S) groups is 1. The molecule has 1 aromatic rings. The Bertz CT molecular complexity index is 784. The summed E-state index contributed by atoms with van der Waals surface area (Å²) >= 11 is 5.13. The first-order chi connectivity index (χ1) is 13.7. The van der Waals surface area contributed by atoms with Crippen LogP contribution in [-0.2, 0) is 11.0 Å². The summed E-state index contributed by atoms with van der Waals surface area (Å²) in [5.74, 6) is -0.600. The number of nitrogens with zero attached hydrogens (tertiary/aromatic N) is 2. The van der Waals surface area contributed by atoms with Gasteiger partial charge in [0.25, 0.3) is 5.91 Å². The molecule has 0 aromatic heterocycles. The van der Waals surface area contributed by atoms with Crippen LogP contribution in [0.2, 0.25) is 0 Å². The van der Waals surface area contributed by atoms with Gasteiger partial charge in [0.2, 0.25) is 0 Å². The van der Waals surface area contributed by atoms with Crippen LogP contribution in [0.25, 0.3) is 0 Å². The number of carbonyl (C=O) groups is 1. The number of amides is 1. The standard InChI is InChI=1S/C20H25F3N4OS/c1-5-10-27(11-6-2)17-9-8-15(20(21,22)23)12-16(17)25-19(29)26-18(28)14(7-3)13-24-4/h7-9,12-13H,3-6,10-11H2,1-2H3,(H2,25,26,28,29)/b14-13+. The van der Waals surface area contributed by atoms with Gasteiger partial charge in [-0.3, -0.25) is 15.1 Å². The van der Waals surface area contributed by atoms with E-state index >= 15 is 0 Å². The third-order valence-corrected chi connectivity index (χ3v) is 4.04. The zero-order valence-electron chi connectivity index (χ0n) is 16.5. The van der Waals surface area contributed by atoms with Crippen molar-refractivity contribution in [3.8, 4) is 0 Å². The number of benzene rings is 1. The van der Waals surface area contributed by atoms with Gasteiger partial charge in [-0.05, 0) is 50.0 Å². The molecular weight excluding hydrogens is 401 g/mol. The van der Waals surface area contributed by atoms with E-state index in [4.69, 9.17) is 12.2 Å². The Kier molecular flexibility index (Phi) is 9.54. The molecule has 0 saturated carbocycles. The Labute approximate surface area is 174 Å². The molecule has 1 rings (SSSR count). The average molecular weight is 427 g/mol. The van der Waals surface area contributed by atoms with E-state index in [2.05, 4.69) is 28.9 Å². The molecule has 0 heterocycles. The Morgan fingerprint density at radius 3 is 2.38 bits per heavy atom. The van der Waals surface area contributed by atoms with Crippen molar-refractivity contribution in [2.45, 2.75) is 32.9 Å². The first-order valence-corrected chi connectivity index (χ1v) is 9.45. The van der Waals surface area contributed by atoms with Crippen molar-refractivity contribution in [1.29, 1.82) is 0 Å². The molecule has 0 bridgehead atoms. The average Bonchev–Trinajstić information content (AvgIpc) is 2.65. The number of hydrogen-bond donors (Lipinski definition) is 2. The molecule has 5 nitrogen and oxygen atoms in total. The highest BCUT2D eigenvalue weighted by Gasteiger charge is 2.31. The second kappa shape index (κ2) is 11.4. The van der Waals surface area contributed by atoms with Gasteiger partial charge in [-0.25, -0.2) is 0 Å². The van der Waals surface area contributed by atoms with Gasteiger partial charge in [-0.15, -0.1) is 0 Å². The maximum absolute atomic E-state index is 13.2. The number of anilines is 2. The third kappa shape index (κ3) is 7.34. The lowest BCUT2D eigenvalue weighted by molar-refractivity contribution is -0.137. The summed E-state index contributed by atoms with van der Waals surface area (Å²) in [7, 11) is 0. The molecule has 1 amide bonds. The van der Waals surface area contributed by atoms with Crippen LogP contribution in [-0.4, -0.2) is 30.8 Å². The lowest BCUT2D eigenvalue weighted by atomic mass is 10.1. The molecule has 0 radical (unpaired) electrons. The zero-order valence-corrected chi connectivity index (χ0v) is 17.3. The number of carbonyl (C=O) groups excluding carboxylic acids is 1. The van der Waals surface area contributed by atoms with Crippen LogP contribution in [0, 0.1) is 0 Å². The fraction of sp³-hybridized carbons (Fsp3) is 0.350. The van der Waals surface area contributed by atoms with Crippen LogP contribution in [0.4, 0.5) is 24.5 Å². The molecule has 0 fully saturated rings. The molecule has 0 saturated heterocycles. The molecule has 0 aliphatic heterocycles. The number of nitrogens with one attached hydrogen (secondary N) is 2. The van der Waals surface area contributed by atoms with Gasteiger partial charge in [-0.1, -0.05) is 26.5 Å². The number of alkyl halides is 3. The quantitative estimate of drug-likeness (QED) is 0.255. The van der Waals surface area contributed by atoms with Crippen molar-refractivity contribution in [3.05, 3.63) is 48.2 Å². The summed E-state index contributed by atoms with van der Waals surface area (Å²) in [5.41, 5.74) is 0.0453. The van der Waals surface area contributed by atoms with Crippen LogP contribution in [0.3, 0.4) is 0 Å². The molecule has 158 valence electrons. The smallest absolute Gasteiger partial charge is 0.370 e. The van der Waals surface area contributed by atoms with Gasteiger partial charge < -0.3 is 10.2 Å². The Morgan fingerprint density at radius 1 is 1.28 bits per heavy atom. The van der Waals surface area contributed by atoms with Crippen LogP contribution in [0.5, 0.6) is 0 Å². The molecule has 1 aromatic carbocycles. The summed E-state index contributed by atoms with van der Waals surface area (Å²) < 4.78 is 39.6. The van der Waals surface area contributed by atoms with Crippen LogP contribution < -0.4 is 15.5 Å². The molecule has 29 heavy (non-hydrogen) atoms. The van der Waals surface area contributed by atoms with Gasteiger partial charge in [0.05, 0.1) is 22.5 Å². The fourth-order valence-electron chi connectivity index (χ4n) is 2.61. The maximum Gasteiger partial charge on any atom is 0.416 e. The highest BCUT2D eigenvalue weighted by molar-refractivity contribution is 7.80. The van der Waals surface area contributed by atoms with E-state index in [0.717, 1.165) is 25.0 Å². The first-order valence-electron chi connectivity index (χ1n) is 9.04. The fourth-order valence-corrected chi connectivity index (χ4v) is 2.81. The number of halogens is 3. The van der Waals surface area contributed by atoms with Crippen LogP contribution >= 0.6 is 12.2 Å². The summed E-state index contributed by atoms with van der Waals surface area (Å²) in [6, 6.07) is 3.44.